The molecule has 1 saturated carbocycles. The minimum atomic E-state index is -4.64. The van der Waals surface area contributed by atoms with Crippen molar-refractivity contribution in [1.82, 2.24) is 4.37 Å². The van der Waals surface area contributed by atoms with E-state index in [2.05, 4.69) is 4.37 Å². The topological polar surface area (TPSA) is 48.4 Å². The van der Waals surface area contributed by atoms with Crippen LogP contribution in [0.25, 0.3) is 0 Å². The Hall–Kier alpha value is -2.23. The van der Waals surface area contributed by atoms with Crippen LogP contribution in [0.5, 0.6) is 5.75 Å². The quantitative estimate of drug-likeness (QED) is 0.303. The maximum Gasteiger partial charge on any atom is 0.427 e. The third-order valence-corrected chi connectivity index (χ3v) is 6.94. The van der Waals surface area contributed by atoms with Gasteiger partial charge in [-0.3, -0.25) is 4.79 Å². The molecule has 3 rings (SSSR count). The van der Waals surface area contributed by atoms with Gasteiger partial charge in [0, 0.05) is 30.7 Å². The first-order chi connectivity index (χ1) is 15.4. The second-order valence-electron chi connectivity index (χ2n) is 8.24. The summed E-state index contributed by atoms with van der Waals surface area (Å²) in [4.78, 5) is 10.7. The Bertz CT molecular complexity index is 1000. The van der Waals surface area contributed by atoms with Gasteiger partial charge in [-0.1, -0.05) is 6.07 Å². The van der Waals surface area contributed by atoms with Crippen molar-refractivity contribution in [3.05, 3.63) is 45.0 Å². The highest BCUT2D eigenvalue weighted by atomic mass is 32.1. The number of hydrogen-bond donors (Lipinski definition) is 0. The molecule has 0 N–H and O–H groups in total. The predicted octanol–water partition coefficient (Wildman–Crippen LogP) is 6.76. The Morgan fingerprint density at radius 1 is 1.24 bits per heavy atom. The molecule has 0 bridgehead atoms. The third-order valence-electron chi connectivity index (χ3n) is 5.99. The first-order valence-electron chi connectivity index (χ1n) is 10.7. The highest BCUT2D eigenvalue weighted by Gasteiger charge is 2.44. The van der Waals surface area contributed by atoms with E-state index >= 15 is 0 Å². The van der Waals surface area contributed by atoms with Crippen LogP contribution in [0.2, 0.25) is 0 Å². The molecule has 33 heavy (non-hydrogen) atoms. The van der Waals surface area contributed by atoms with Crippen molar-refractivity contribution in [2.45, 2.75) is 77.5 Å². The van der Waals surface area contributed by atoms with E-state index in [-0.39, 0.29) is 48.0 Å². The van der Waals surface area contributed by atoms with Crippen LogP contribution < -0.4 is 4.74 Å². The van der Waals surface area contributed by atoms with Crippen LogP contribution in [-0.4, -0.2) is 22.9 Å². The molecule has 0 aliphatic heterocycles. The van der Waals surface area contributed by atoms with Crippen molar-refractivity contribution in [3.63, 3.8) is 0 Å². The Kier molecular flexibility index (Phi) is 7.65. The van der Waals surface area contributed by atoms with Gasteiger partial charge in [-0.15, -0.1) is 0 Å². The van der Waals surface area contributed by atoms with E-state index in [9.17, 15) is 26.7 Å². The van der Waals surface area contributed by atoms with Crippen molar-refractivity contribution in [2.24, 2.45) is 0 Å². The Labute approximate surface area is 193 Å². The zero-order valence-electron chi connectivity index (χ0n) is 18.7. The smallest absolute Gasteiger partial charge is 0.427 e. The number of carbonyl (C=O) groups is 1. The fourth-order valence-electron chi connectivity index (χ4n) is 4.09. The van der Waals surface area contributed by atoms with E-state index < -0.39 is 35.9 Å². The summed E-state index contributed by atoms with van der Waals surface area (Å²) in [5.41, 5.74) is 2.41. The van der Waals surface area contributed by atoms with E-state index in [0.29, 0.717) is 18.8 Å². The van der Waals surface area contributed by atoms with Gasteiger partial charge >= 0.3 is 12.1 Å². The Balaban J connectivity index is 1.79. The van der Waals surface area contributed by atoms with Gasteiger partial charge in [0.25, 0.3) is 0 Å². The van der Waals surface area contributed by atoms with Gasteiger partial charge in [-0.2, -0.15) is 17.5 Å². The summed E-state index contributed by atoms with van der Waals surface area (Å²) in [6.45, 7) is 5.26. The zero-order chi connectivity index (χ0) is 24.4. The molecule has 182 valence electrons. The molecule has 1 unspecified atom stereocenters. The van der Waals surface area contributed by atoms with Crippen LogP contribution in [0.15, 0.2) is 12.1 Å². The summed E-state index contributed by atoms with van der Waals surface area (Å²) < 4.78 is 82.7. The molecule has 1 heterocycles. The number of nitrogens with zero attached hydrogens (tertiary/aromatic N) is 1. The fraction of sp³-hybridized carbons (Fsp3) is 0.565. The second-order valence-corrected chi connectivity index (χ2v) is 9.01. The molecule has 1 fully saturated rings. The summed E-state index contributed by atoms with van der Waals surface area (Å²) in [7, 11) is 0. The minimum absolute atomic E-state index is 0.0601. The van der Waals surface area contributed by atoms with Gasteiger partial charge in [0.15, 0.2) is 0 Å². The summed E-state index contributed by atoms with van der Waals surface area (Å²) in [5, 5.41) is 0. The number of halogens is 5. The molecule has 10 heteroatoms. The molecule has 0 spiro atoms. The van der Waals surface area contributed by atoms with E-state index in [1.54, 1.807) is 26.0 Å². The van der Waals surface area contributed by atoms with E-state index in [0.717, 1.165) is 16.7 Å². The highest BCUT2D eigenvalue weighted by molar-refractivity contribution is 7.06. The molecule has 0 saturated heterocycles. The summed E-state index contributed by atoms with van der Waals surface area (Å²) in [5.74, 6) is -3.52. The molecule has 1 aliphatic rings. The lowest BCUT2D eigenvalue weighted by Gasteiger charge is -2.17. The lowest BCUT2D eigenvalue weighted by Crippen LogP contribution is -2.12. The van der Waals surface area contributed by atoms with E-state index in [1.165, 1.54) is 0 Å². The van der Waals surface area contributed by atoms with Gasteiger partial charge < -0.3 is 9.47 Å². The normalized spacial score (nSPS) is 17.9. The molecule has 4 nitrogen and oxygen atoms in total. The lowest BCUT2D eigenvalue weighted by atomic mass is 9.98. The number of carbonyl (C=O) groups excluding carboxylic acids is 1. The third kappa shape index (κ3) is 6.02. The first kappa shape index (κ1) is 25.4. The molecule has 0 radical (unpaired) electrons. The average molecular weight is 492 g/mol. The first-order valence-corrected chi connectivity index (χ1v) is 11.5. The molecular formula is C23H26F5NO3S. The molecule has 1 aromatic heterocycles. The maximum atomic E-state index is 13.7. The molecular weight excluding hydrogens is 465 g/mol. The maximum absolute atomic E-state index is 13.7. The number of rotatable bonds is 8. The predicted molar refractivity (Wildman–Crippen MR) is 114 cm³/mol. The number of hydrogen-bond acceptors (Lipinski definition) is 5. The number of alkyl halides is 5. The van der Waals surface area contributed by atoms with E-state index in [4.69, 9.17) is 9.47 Å². The summed E-state index contributed by atoms with van der Waals surface area (Å²) >= 11 is 0.285. The van der Waals surface area contributed by atoms with Gasteiger partial charge in [-0.25, -0.2) is 8.78 Å². The van der Waals surface area contributed by atoms with Crippen molar-refractivity contribution in [3.8, 4) is 5.75 Å². The lowest BCUT2D eigenvalue weighted by molar-refractivity contribution is -0.143. The summed E-state index contributed by atoms with van der Waals surface area (Å²) in [6, 6.07) is 3.42. The molecule has 1 atom stereocenters. The molecule has 0 amide bonds. The van der Waals surface area contributed by atoms with Crippen LogP contribution in [0.1, 0.15) is 71.3 Å². The minimum Gasteiger partial charge on any atom is -0.489 e. The SMILES string of the molecule is CCOC(=O)CCc1ccc(OCc2c(C3CCC(F)(F)C3)nsc2C(F)(F)F)c(C)c1C. The van der Waals surface area contributed by atoms with Crippen molar-refractivity contribution in [1.29, 1.82) is 0 Å². The van der Waals surface area contributed by atoms with Gasteiger partial charge in [0.05, 0.1) is 12.3 Å². The van der Waals surface area contributed by atoms with Gasteiger partial charge in [0.2, 0.25) is 5.92 Å². The van der Waals surface area contributed by atoms with Gasteiger partial charge in [-0.05, 0) is 67.9 Å². The number of aromatic nitrogens is 1. The highest BCUT2D eigenvalue weighted by Crippen LogP contribution is 2.47. The van der Waals surface area contributed by atoms with Crippen LogP contribution in [0.3, 0.4) is 0 Å². The van der Waals surface area contributed by atoms with Crippen LogP contribution in [0, 0.1) is 13.8 Å². The molecule has 1 aromatic carbocycles. The van der Waals surface area contributed by atoms with Crippen molar-refractivity contribution in [2.75, 3.05) is 6.61 Å². The summed E-state index contributed by atoms with van der Waals surface area (Å²) in [6.07, 6.45) is -4.72. The Morgan fingerprint density at radius 3 is 2.58 bits per heavy atom. The van der Waals surface area contributed by atoms with Crippen LogP contribution >= 0.6 is 11.5 Å². The van der Waals surface area contributed by atoms with Gasteiger partial charge in [0.1, 0.15) is 17.2 Å². The number of aryl methyl sites for hydroxylation is 1. The monoisotopic (exact) mass is 491 g/mol. The van der Waals surface area contributed by atoms with E-state index in [1.807, 2.05) is 6.92 Å². The van der Waals surface area contributed by atoms with Crippen LogP contribution in [0.4, 0.5) is 22.0 Å². The largest absolute Gasteiger partial charge is 0.489 e. The zero-order valence-corrected chi connectivity index (χ0v) is 19.5. The molecule has 1 aliphatic carbocycles. The molecule has 2 aromatic rings. The number of esters is 1. The van der Waals surface area contributed by atoms with Crippen LogP contribution in [-0.2, 0) is 28.7 Å². The fourth-order valence-corrected chi connectivity index (χ4v) is 4.91. The number of benzene rings is 1. The van der Waals surface area contributed by atoms with Crippen molar-refractivity contribution >= 4 is 17.5 Å². The van der Waals surface area contributed by atoms with Crippen molar-refractivity contribution < 1.29 is 36.2 Å². The average Bonchev–Trinajstić information content (AvgIpc) is 3.31. The number of ether oxygens (including phenoxy) is 2. The second kappa shape index (κ2) is 9.95. The standard InChI is InChI=1S/C23H26F5NO3S/c1-4-31-19(30)8-6-15-5-7-18(14(3)13(15)2)32-12-17-20(16-9-10-22(24,25)11-16)29-33-21(17)23(26,27)28/h5,7,16H,4,6,8-12H2,1-3H3. The Morgan fingerprint density at radius 2 is 1.97 bits per heavy atom.